The highest BCUT2D eigenvalue weighted by molar-refractivity contribution is 9.10. The number of ether oxygens (including phenoxy) is 1. The van der Waals surface area contributed by atoms with E-state index in [1.54, 1.807) is 7.05 Å². The second-order valence-corrected chi connectivity index (χ2v) is 8.68. The lowest BCUT2D eigenvalue weighted by molar-refractivity contribution is -0.133. The van der Waals surface area contributed by atoms with Gasteiger partial charge in [0.15, 0.2) is 16.4 Å². The zero-order valence-corrected chi connectivity index (χ0v) is 16.7. The lowest BCUT2D eigenvalue weighted by atomic mass is 10.2. The molecule has 6 nitrogen and oxygen atoms in total. The van der Waals surface area contributed by atoms with Crippen LogP contribution in [0, 0.1) is 0 Å². The largest absolute Gasteiger partial charge is 0.452 e. The minimum Gasteiger partial charge on any atom is -0.452 e. The van der Waals surface area contributed by atoms with Crippen molar-refractivity contribution in [3.63, 3.8) is 0 Å². The van der Waals surface area contributed by atoms with Crippen LogP contribution >= 0.6 is 15.9 Å². The fourth-order valence-electron chi connectivity index (χ4n) is 2.11. The van der Waals surface area contributed by atoms with Crippen LogP contribution in [0.1, 0.15) is 15.9 Å². The predicted molar refractivity (Wildman–Crippen MR) is 100 cm³/mol. The third-order valence-electron chi connectivity index (χ3n) is 3.60. The maximum Gasteiger partial charge on any atom is 0.338 e. The van der Waals surface area contributed by atoms with E-state index in [1.165, 1.54) is 29.2 Å². The zero-order valence-electron chi connectivity index (χ0n) is 14.3. The van der Waals surface area contributed by atoms with Crippen molar-refractivity contribution >= 4 is 37.6 Å². The van der Waals surface area contributed by atoms with Gasteiger partial charge < -0.3 is 9.64 Å². The van der Waals surface area contributed by atoms with Gasteiger partial charge in [-0.3, -0.25) is 4.79 Å². The van der Waals surface area contributed by atoms with E-state index in [9.17, 15) is 18.0 Å². The third-order valence-corrected chi connectivity index (χ3v) is 5.26. The molecule has 1 amide bonds. The van der Waals surface area contributed by atoms with Gasteiger partial charge in [0.1, 0.15) is 0 Å². The summed E-state index contributed by atoms with van der Waals surface area (Å²) in [5.74, 6) is -1.02. The molecular formula is C18H18BrNO5S. The van der Waals surface area contributed by atoms with E-state index in [1.807, 2.05) is 24.3 Å². The first-order chi connectivity index (χ1) is 12.2. The number of hydrogen-bond donors (Lipinski definition) is 0. The van der Waals surface area contributed by atoms with Gasteiger partial charge in [0.05, 0.1) is 10.5 Å². The lowest BCUT2D eigenvalue weighted by Crippen LogP contribution is -2.30. The van der Waals surface area contributed by atoms with Crippen LogP contribution < -0.4 is 0 Å². The van der Waals surface area contributed by atoms with Crippen molar-refractivity contribution in [3.8, 4) is 0 Å². The molecule has 0 aliphatic heterocycles. The molecule has 0 unspecified atom stereocenters. The van der Waals surface area contributed by atoms with Gasteiger partial charge in [-0.1, -0.05) is 28.1 Å². The van der Waals surface area contributed by atoms with Crippen LogP contribution in [-0.4, -0.2) is 45.1 Å². The molecule has 8 heteroatoms. The van der Waals surface area contributed by atoms with Gasteiger partial charge in [-0.2, -0.15) is 0 Å². The molecule has 138 valence electrons. The van der Waals surface area contributed by atoms with Crippen LogP contribution in [0.15, 0.2) is 57.9 Å². The summed E-state index contributed by atoms with van der Waals surface area (Å²) in [7, 11) is -1.71. The predicted octanol–water partition coefficient (Wildman–Crippen LogP) is 2.67. The Bertz CT molecular complexity index is 892. The highest BCUT2D eigenvalue weighted by Crippen LogP contribution is 2.13. The Kier molecular flexibility index (Phi) is 6.55. The van der Waals surface area contributed by atoms with Crippen molar-refractivity contribution in [2.75, 3.05) is 19.9 Å². The number of rotatable bonds is 6. The van der Waals surface area contributed by atoms with Crippen LogP contribution in [0.3, 0.4) is 0 Å². The number of carbonyl (C=O) groups excluding carboxylic acids is 2. The van der Waals surface area contributed by atoms with Gasteiger partial charge in [-0.15, -0.1) is 0 Å². The van der Waals surface area contributed by atoms with Crippen LogP contribution in [-0.2, 0) is 25.9 Å². The molecule has 0 spiro atoms. The first-order valence-corrected chi connectivity index (χ1v) is 10.3. The van der Waals surface area contributed by atoms with Gasteiger partial charge in [-0.25, -0.2) is 13.2 Å². The molecule has 0 radical (unpaired) electrons. The molecule has 0 saturated heterocycles. The number of likely N-dealkylation sites (N-methyl/N-ethyl adjacent to an activating group) is 1. The van der Waals surface area contributed by atoms with Gasteiger partial charge in [0.2, 0.25) is 0 Å². The summed E-state index contributed by atoms with van der Waals surface area (Å²) in [6.07, 6.45) is 1.08. The summed E-state index contributed by atoms with van der Waals surface area (Å²) in [6, 6.07) is 12.9. The molecule has 0 saturated carbocycles. The number of hydrogen-bond acceptors (Lipinski definition) is 5. The SMILES string of the molecule is CN(Cc1ccc(Br)cc1)C(=O)COC(=O)c1ccc(S(C)(=O)=O)cc1. The van der Waals surface area contributed by atoms with Gasteiger partial charge in [0, 0.05) is 24.3 Å². The van der Waals surface area contributed by atoms with Crippen molar-refractivity contribution in [2.24, 2.45) is 0 Å². The van der Waals surface area contributed by atoms with E-state index in [0.29, 0.717) is 6.54 Å². The molecule has 2 rings (SSSR count). The molecule has 26 heavy (non-hydrogen) atoms. The molecule has 0 aliphatic rings. The minimum absolute atomic E-state index is 0.111. The maximum atomic E-state index is 12.1. The fraction of sp³-hybridized carbons (Fsp3) is 0.222. The number of benzene rings is 2. The minimum atomic E-state index is -3.33. The standard InChI is InChI=1S/C18H18BrNO5S/c1-20(11-13-3-7-15(19)8-4-13)17(21)12-25-18(22)14-5-9-16(10-6-14)26(2,23)24/h3-10H,11-12H2,1-2H3. The average molecular weight is 440 g/mol. The molecule has 0 atom stereocenters. The summed E-state index contributed by atoms with van der Waals surface area (Å²) in [6.45, 7) is 0.00636. The highest BCUT2D eigenvalue weighted by atomic mass is 79.9. The molecule has 2 aromatic rings. The monoisotopic (exact) mass is 439 g/mol. The quantitative estimate of drug-likeness (QED) is 0.646. The van der Waals surface area contributed by atoms with Crippen LogP contribution in [0.25, 0.3) is 0 Å². The number of amides is 1. The number of esters is 1. The topological polar surface area (TPSA) is 80.8 Å². The molecule has 0 aromatic heterocycles. The van der Waals surface area contributed by atoms with Gasteiger partial charge >= 0.3 is 5.97 Å². The Morgan fingerprint density at radius 1 is 1.04 bits per heavy atom. The van der Waals surface area contributed by atoms with E-state index in [0.717, 1.165) is 16.3 Å². The van der Waals surface area contributed by atoms with Gasteiger partial charge in [-0.05, 0) is 42.0 Å². The van der Waals surface area contributed by atoms with Gasteiger partial charge in [0.25, 0.3) is 5.91 Å². The van der Waals surface area contributed by atoms with E-state index in [4.69, 9.17) is 4.74 Å². The number of sulfone groups is 1. The van der Waals surface area contributed by atoms with Crippen molar-refractivity contribution in [2.45, 2.75) is 11.4 Å². The second-order valence-electron chi connectivity index (χ2n) is 5.75. The van der Waals surface area contributed by atoms with Crippen LogP contribution in [0.2, 0.25) is 0 Å². The summed E-state index contributed by atoms with van der Waals surface area (Å²) in [4.78, 5) is 25.6. The Hall–Kier alpha value is -2.19. The second kappa shape index (κ2) is 8.46. The van der Waals surface area contributed by atoms with Crippen molar-refractivity contribution in [3.05, 3.63) is 64.1 Å². The lowest BCUT2D eigenvalue weighted by Gasteiger charge is -2.17. The fourth-order valence-corrected chi connectivity index (χ4v) is 3.01. The molecule has 0 bridgehead atoms. The van der Waals surface area contributed by atoms with E-state index in [2.05, 4.69) is 15.9 Å². The molecule has 0 fully saturated rings. The molecule has 0 heterocycles. The zero-order chi connectivity index (χ0) is 19.3. The first kappa shape index (κ1) is 20.1. The Morgan fingerprint density at radius 3 is 2.15 bits per heavy atom. The summed E-state index contributed by atoms with van der Waals surface area (Å²) in [5, 5.41) is 0. The van der Waals surface area contributed by atoms with Crippen molar-refractivity contribution < 1.29 is 22.7 Å². The van der Waals surface area contributed by atoms with E-state index < -0.39 is 15.8 Å². The van der Waals surface area contributed by atoms with Crippen LogP contribution in [0.4, 0.5) is 0 Å². The molecule has 0 aliphatic carbocycles. The molecule has 0 N–H and O–H groups in total. The van der Waals surface area contributed by atoms with E-state index >= 15 is 0 Å². The number of carbonyl (C=O) groups is 2. The Morgan fingerprint density at radius 2 is 1.62 bits per heavy atom. The average Bonchev–Trinajstić information content (AvgIpc) is 2.60. The Balaban J connectivity index is 1.89. The summed E-state index contributed by atoms with van der Waals surface area (Å²) in [5.41, 5.74) is 1.13. The summed E-state index contributed by atoms with van der Waals surface area (Å²) >= 11 is 3.35. The number of nitrogens with zero attached hydrogens (tertiary/aromatic N) is 1. The first-order valence-electron chi connectivity index (χ1n) is 7.62. The smallest absolute Gasteiger partial charge is 0.338 e. The Labute approximate surface area is 160 Å². The highest BCUT2D eigenvalue weighted by Gasteiger charge is 2.15. The van der Waals surface area contributed by atoms with E-state index in [-0.39, 0.29) is 23.0 Å². The van der Waals surface area contributed by atoms with Crippen LogP contribution in [0.5, 0.6) is 0 Å². The maximum absolute atomic E-state index is 12.1. The normalized spacial score (nSPS) is 11.0. The summed E-state index contributed by atoms with van der Waals surface area (Å²) < 4.78 is 28.8. The van der Waals surface area contributed by atoms with Crippen molar-refractivity contribution in [1.29, 1.82) is 0 Å². The molecule has 2 aromatic carbocycles. The molecular weight excluding hydrogens is 422 g/mol. The van der Waals surface area contributed by atoms with Crippen molar-refractivity contribution in [1.82, 2.24) is 4.90 Å². The third kappa shape index (κ3) is 5.67. The number of halogens is 1.